The lowest BCUT2D eigenvalue weighted by Gasteiger charge is -2.21. The van der Waals surface area contributed by atoms with E-state index in [0.717, 1.165) is 23.1 Å². The number of hydrogen-bond donors (Lipinski definition) is 1. The summed E-state index contributed by atoms with van der Waals surface area (Å²) in [5.41, 5.74) is 6.89. The fourth-order valence-electron chi connectivity index (χ4n) is 5.38. The number of hydrogen-bond acceptors (Lipinski definition) is 5. The van der Waals surface area contributed by atoms with Crippen LogP contribution in [0.3, 0.4) is 0 Å². The zero-order valence-corrected chi connectivity index (χ0v) is 22.6. The second-order valence-corrected chi connectivity index (χ2v) is 11.7. The summed E-state index contributed by atoms with van der Waals surface area (Å²) in [6, 6.07) is 29.6. The summed E-state index contributed by atoms with van der Waals surface area (Å²) >= 11 is 0. The number of aromatic nitrogens is 1. The first-order chi connectivity index (χ1) is 18.3. The van der Waals surface area contributed by atoms with Gasteiger partial charge in [0, 0.05) is 31.7 Å². The SMILES string of the molecule is CN1CC2CN(c3ccc(-c4cccc(-c5ccccc5)c4)nc3)CC2C1.Cc1ccc(S(=O)(=O)O)cc1. The van der Waals surface area contributed by atoms with Gasteiger partial charge in [0.1, 0.15) is 0 Å². The van der Waals surface area contributed by atoms with E-state index in [9.17, 15) is 8.42 Å². The highest BCUT2D eigenvalue weighted by atomic mass is 32.2. The number of nitrogens with zero attached hydrogens (tertiary/aromatic N) is 3. The van der Waals surface area contributed by atoms with Gasteiger partial charge >= 0.3 is 0 Å². The minimum Gasteiger partial charge on any atom is -0.370 e. The van der Waals surface area contributed by atoms with Crippen LogP contribution in [0.2, 0.25) is 0 Å². The molecule has 6 rings (SSSR count). The monoisotopic (exact) mass is 527 g/mol. The Morgan fingerprint density at radius 1 is 0.763 bits per heavy atom. The van der Waals surface area contributed by atoms with Crippen molar-refractivity contribution in [2.75, 3.05) is 38.1 Å². The fraction of sp³-hybridized carbons (Fsp3) is 0.258. The van der Waals surface area contributed by atoms with Gasteiger partial charge in [-0.3, -0.25) is 9.54 Å². The maximum atomic E-state index is 10.5. The van der Waals surface area contributed by atoms with Crippen LogP contribution in [0, 0.1) is 18.8 Å². The molecule has 1 aromatic heterocycles. The van der Waals surface area contributed by atoms with E-state index in [1.165, 1.54) is 60.7 Å². The van der Waals surface area contributed by atoms with Gasteiger partial charge in [0.2, 0.25) is 0 Å². The molecule has 0 bridgehead atoms. The Bertz CT molecular complexity index is 1460. The highest BCUT2D eigenvalue weighted by Crippen LogP contribution is 2.34. The molecule has 0 spiro atoms. The zero-order chi connectivity index (χ0) is 26.7. The van der Waals surface area contributed by atoms with Crippen molar-refractivity contribution in [2.24, 2.45) is 11.8 Å². The largest absolute Gasteiger partial charge is 0.370 e. The number of benzene rings is 3. The van der Waals surface area contributed by atoms with E-state index < -0.39 is 10.1 Å². The van der Waals surface area contributed by atoms with Crippen LogP contribution in [0.4, 0.5) is 5.69 Å². The summed E-state index contributed by atoms with van der Waals surface area (Å²) in [4.78, 5) is 9.70. The minimum atomic E-state index is -4.02. The molecule has 7 heteroatoms. The summed E-state index contributed by atoms with van der Waals surface area (Å²) in [7, 11) is -1.78. The molecule has 1 N–H and O–H groups in total. The van der Waals surface area contributed by atoms with E-state index in [2.05, 4.69) is 89.8 Å². The van der Waals surface area contributed by atoms with Gasteiger partial charge in [0.15, 0.2) is 0 Å². The standard InChI is InChI=1S/C24H25N3.C7H8O3S/c1-26-14-21-16-27(17-22(21)15-26)23-10-11-24(25-13-23)20-9-5-8-19(12-20)18-6-3-2-4-7-18;1-6-2-4-7(5-3-6)11(8,9)10/h2-13,21-22H,14-17H2,1H3;2-5H,1H3,(H,8,9,10). The maximum Gasteiger partial charge on any atom is 0.294 e. The van der Waals surface area contributed by atoms with E-state index in [4.69, 9.17) is 9.54 Å². The van der Waals surface area contributed by atoms with Crippen molar-refractivity contribution >= 4 is 15.8 Å². The van der Waals surface area contributed by atoms with Crippen LogP contribution >= 0.6 is 0 Å². The summed E-state index contributed by atoms with van der Waals surface area (Å²) in [5, 5.41) is 0. The number of fused-ring (bicyclic) bond motifs is 1. The molecule has 0 radical (unpaired) electrons. The van der Waals surface area contributed by atoms with Crippen LogP contribution in [0.25, 0.3) is 22.4 Å². The third-order valence-electron chi connectivity index (χ3n) is 7.37. The highest BCUT2D eigenvalue weighted by Gasteiger charge is 2.38. The molecule has 2 unspecified atom stereocenters. The van der Waals surface area contributed by atoms with E-state index in [1.807, 2.05) is 6.92 Å². The van der Waals surface area contributed by atoms with Gasteiger partial charge in [-0.25, -0.2) is 0 Å². The Hall–Kier alpha value is -3.52. The van der Waals surface area contributed by atoms with Crippen molar-refractivity contribution in [3.63, 3.8) is 0 Å². The molecule has 196 valence electrons. The molecule has 4 aromatic rings. The van der Waals surface area contributed by atoms with Crippen molar-refractivity contribution in [1.29, 1.82) is 0 Å². The first-order valence-electron chi connectivity index (χ1n) is 12.9. The van der Waals surface area contributed by atoms with E-state index in [0.29, 0.717) is 0 Å². The van der Waals surface area contributed by atoms with Crippen molar-refractivity contribution in [3.05, 3.63) is 103 Å². The van der Waals surface area contributed by atoms with Crippen LogP contribution in [0.1, 0.15) is 5.56 Å². The number of rotatable bonds is 4. The van der Waals surface area contributed by atoms with Gasteiger partial charge in [-0.05, 0) is 67.3 Å². The summed E-state index contributed by atoms with van der Waals surface area (Å²) in [6.07, 6.45) is 2.05. The molecule has 2 aliphatic rings. The van der Waals surface area contributed by atoms with E-state index in [1.54, 1.807) is 12.1 Å². The molecular weight excluding hydrogens is 494 g/mol. The van der Waals surface area contributed by atoms with Crippen molar-refractivity contribution in [1.82, 2.24) is 9.88 Å². The first-order valence-corrected chi connectivity index (χ1v) is 14.3. The molecule has 0 amide bonds. The van der Waals surface area contributed by atoms with Crippen molar-refractivity contribution < 1.29 is 13.0 Å². The maximum absolute atomic E-state index is 10.5. The highest BCUT2D eigenvalue weighted by molar-refractivity contribution is 7.85. The number of pyridine rings is 1. The molecule has 2 aliphatic heterocycles. The minimum absolute atomic E-state index is 0.0666. The Labute approximate surface area is 225 Å². The third-order valence-corrected chi connectivity index (χ3v) is 8.23. The molecule has 2 atom stereocenters. The van der Waals surface area contributed by atoms with Crippen LogP contribution in [0.15, 0.2) is 102 Å². The predicted octanol–water partition coefficient (Wildman–Crippen LogP) is 5.66. The van der Waals surface area contributed by atoms with Gasteiger partial charge < -0.3 is 9.80 Å². The third kappa shape index (κ3) is 6.13. The van der Waals surface area contributed by atoms with E-state index >= 15 is 0 Å². The topological polar surface area (TPSA) is 73.7 Å². The number of aryl methyl sites for hydroxylation is 1. The second kappa shape index (κ2) is 11.1. The molecule has 2 fully saturated rings. The second-order valence-electron chi connectivity index (χ2n) is 10.3. The van der Waals surface area contributed by atoms with E-state index in [-0.39, 0.29) is 4.90 Å². The van der Waals surface area contributed by atoms with Crippen molar-refractivity contribution in [3.8, 4) is 22.4 Å². The Kier molecular flexibility index (Phi) is 7.61. The summed E-state index contributed by atoms with van der Waals surface area (Å²) in [5.74, 6) is 1.63. The Morgan fingerprint density at radius 2 is 1.39 bits per heavy atom. The lowest BCUT2D eigenvalue weighted by molar-refractivity contribution is 0.387. The molecular formula is C31H33N3O3S. The van der Waals surface area contributed by atoms with Crippen LogP contribution in [-0.2, 0) is 10.1 Å². The predicted molar refractivity (Wildman–Crippen MR) is 153 cm³/mol. The number of likely N-dealkylation sites (tertiary alicyclic amines) is 1. The van der Waals surface area contributed by atoms with Crippen LogP contribution < -0.4 is 4.90 Å². The number of anilines is 1. The average Bonchev–Trinajstić information content (AvgIpc) is 3.47. The average molecular weight is 528 g/mol. The molecule has 2 saturated heterocycles. The van der Waals surface area contributed by atoms with Gasteiger partial charge in [-0.2, -0.15) is 8.42 Å². The zero-order valence-electron chi connectivity index (χ0n) is 21.7. The summed E-state index contributed by atoms with van der Waals surface area (Å²) in [6.45, 7) is 6.64. The van der Waals surface area contributed by atoms with Crippen LogP contribution in [0.5, 0.6) is 0 Å². The van der Waals surface area contributed by atoms with Gasteiger partial charge in [-0.1, -0.05) is 66.2 Å². The molecule has 0 saturated carbocycles. The van der Waals surface area contributed by atoms with Gasteiger partial charge in [-0.15, -0.1) is 0 Å². The quantitative estimate of drug-likeness (QED) is 0.346. The Morgan fingerprint density at radius 3 is 2.00 bits per heavy atom. The van der Waals surface area contributed by atoms with Gasteiger partial charge in [0.25, 0.3) is 10.1 Å². The smallest absolute Gasteiger partial charge is 0.294 e. The first kappa shape index (κ1) is 26.1. The Balaban J connectivity index is 0.000000226. The summed E-state index contributed by atoms with van der Waals surface area (Å²) < 4.78 is 29.6. The molecule has 3 aromatic carbocycles. The molecule has 0 aliphatic carbocycles. The molecule has 6 nitrogen and oxygen atoms in total. The van der Waals surface area contributed by atoms with Crippen molar-refractivity contribution in [2.45, 2.75) is 11.8 Å². The normalized spacial score (nSPS) is 19.1. The lowest BCUT2D eigenvalue weighted by atomic mass is 10.0. The molecule has 38 heavy (non-hydrogen) atoms. The lowest BCUT2D eigenvalue weighted by Crippen LogP contribution is -2.26. The van der Waals surface area contributed by atoms with Gasteiger partial charge in [0.05, 0.1) is 22.5 Å². The van der Waals surface area contributed by atoms with Crippen LogP contribution in [-0.4, -0.2) is 56.1 Å². The fourth-order valence-corrected chi connectivity index (χ4v) is 5.86. The molecule has 3 heterocycles.